The molecule has 2 aliphatic rings. The lowest BCUT2D eigenvalue weighted by Gasteiger charge is -2.23. The first-order chi connectivity index (χ1) is 6.52. The number of carbonyl (C=O) groups is 2. The summed E-state index contributed by atoms with van der Waals surface area (Å²) >= 11 is 0. The van der Waals surface area contributed by atoms with E-state index in [1.807, 2.05) is 0 Å². The first kappa shape index (κ1) is 8.97. The lowest BCUT2D eigenvalue weighted by Crippen LogP contribution is -2.60. The van der Waals surface area contributed by atoms with E-state index < -0.39 is 5.79 Å². The summed E-state index contributed by atoms with van der Waals surface area (Å²) in [6.45, 7) is 0. The largest absolute Gasteiger partial charge is 0.288 e. The third-order valence-corrected chi connectivity index (χ3v) is 2.07. The molecule has 0 atom stereocenters. The number of nitrogens with two attached hydrogens (primary N) is 2. The number of hydrogen-bond acceptors (Lipinski definition) is 6. The molecule has 2 aliphatic heterocycles. The van der Waals surface area contributed by atoms with E-state index in [9.17, 15) is 9.59 Å². The molecule has 1 saturated heterocycles. The fourth-order valence-corrected chi connectivity index (χ4v) is 1.39. The molecule has 0 radical (unpaired) electrons. The van der Waals surface area contributed by atoms with Crippen LogP contribution in [0.15, 0.2) is 9.98 Å². The van der Waals surface area contributed by atoms with Crippen LogP contribution in [0, 0.1) is 0 Å². The van der Waals surface area contributed by atoms with E-state index in [0.717, 1.165) is 11.2 Å². The monoisotopic (exact) mass is 195 g/mol. The first-order valence-corrected chi connectivity index (χ1v) is 4.08. The second-order valence-electron chi connectivity index (χ2n) is 3.15. The smallest absolute Gasteiger partial charge is 0.235 e. The van der Waals surface area contributed by atoms with Gasteiger partial charge in [0.1, 0.15) is 6.34 Å². The highest BCUT2D eigenvalue weighted by Crippen LogP contribution is 2.18. The Bertz CT molecular complexity index is 354. The molecule has 0 aliphatic carbocycles. The van der Waals surface area contributed by atoms with Gasteiger partial charge >= 0.3 is 0 Å². The van der Waals surface area contributed by atoms with Gasteiger partial charge in [-0.15, -0.1) is 0 Å². The summed E-state index contributed by atoms with van der Waals surface area (Å²) in [4.78, 5) is 30.9. The summed E-state index contributed by atoms with van der Waals surface area (Å²) in [5.74, 6) is -2.22. The minimum absolute atomic E-state index is 0.00463. The zero-order chi connectivity index (χ0) is 10.3. The Balaban J connectivity index is 2.33. The van der Waals surface area contributed by atoms with Gasteiger partial charge in [-0.2, -0.15) is 0 Å². The summed E-state index contributed by atoms with van der Waals surface area (Å²) < 4.78 is 0. The lowest BCUT2D eigenvalue weighted by atomic mass is 10.3. The van der Waals surface area contributed by atoms with Gasteiger partial charge in [0, 0.05) is 12.8 Å². The quantitative estimate of drug-likeness (QED) is 0.348. The minimum Gasteiger partial charge on any atom is -0.288 e. The van der Waals surface area contributed by atoms with Gasteiger partial charge in [0.2, 0.25) is 17.6 Å². The van der Waals surface area contributed by atoms with Crippen molar-refractivity contribution in [3.8, 4) is 0 Å². The third-order valence-electron chi connectivity index (χ3n) is 2.07. The van der Waals surface area contributed by atoms with Crippen LogP contribution >= 0.6 is 0 Å². The van der Waals surface area contributed by atoms with Gasteiger partial charge in [-0.1, -0.05) is 0 Å². The van der Waals surface area contributed by atoms with Gasteiger partial charge in [-0.3, -0.25) is 21.1 Å². The van der Waals surface area contributed by atoms with E-state index in [1.54, 1.807) is 0 Å². The van der Waals surface area contributed by atoms with Gasteiger partial charge in [-0.05, 0) is 0 Å². The first-order valence-electron chi connectivity index (χ1n) is 4.08. The van der Waals surface area contributed by atoms with Gasteiger partial charge in [0.15, 0.2) is 5.84 Å². The van der Waals surface area contributed by atoms with Crippen LogP contribution in [0.25, 0.3) is 0 Å². The van der Waals surface area contributed by atoms with E-state index in [-0.39, 0.29) is 30.5 Å². The molecular weight excluding hydrogens is 186 g/mol. The molecule has 0 aromatic rings. The number of nitrogens with zero attached hydrogens (tertiary/aromatic N) is 3. The molecule has 0 saturated carbocycles. The zero-order valence-corrected chi connectivity index (χ0v) is 7.30. The molecule has 0 aromatic heterocycles. The molecule has 4 N–H and O–H groups in total. The van der Waals surface area contributed by atoms with Crippen LogP contribution in [0.2, 0.25) is 0 Å². The van der Waals surface area contributed by atoms with Crippen molar-refractivity contribution in [3.05, 3.63) is 0 Å². The summed E-state index contributed by atoms with van der Waals surface area (Å²) in [6.07, 6.45) is 1.50. The number of aliphatic imine (C=N–C) groups is 2. The molecule has 2 heterocycles. The molecule has 14 heavy (non-hydrogen) atoms. The summed E-state index contributed by atoms with van der Waals surface area (Å²) in [5, 5.41) is 0. The Kier molecular flexibility index (Phi) is 1.73. The number of hydrogen-bond donors (Lipinski definition) is 2. The fourth-order valence-electron chi connectivity index (χ4n) is 1.39. The van der Waals surface area contributed by atoms with Gasteiger partial charge in [0.05, 0.1) is 0 Å². The second-order valence-corrected chi connectivity index (χ2v) is 3.15. The Morgan fingerprint density at radius 3 is 2.29 bits per heavy atom. The SMILES string of the molecule is NC1(N)N=CN=C1N1C(=O)CCC1=O. The maximum Gasteiger partial charge on any atom is 0.235 e. The molecule has 7 heteroatoms. The average Bonchev–Trinajstić information content (AvgIpc) is 2.57. The molecule has 7 nitrogen and oxygen atoms in total. The molecule has 0 aromatic carbocycles. The van der Waals surface area contributed by atoms with E-state index >= 15 is 0 Å². The van der Waals surface area contributed by atoms with Crippen molar-refractivity contribution in [2.24, 2.45) is 21.5 Å². The van der Waals surface area contributed by atoms with Crippen LogP contribution in [0.1, 0.15) is 12.8 Å². The second kappa shape index (κ2) is 2.69. The highest BCUT2D eigenvalue weighted by Gasteiger charge is 2.42. The number of carbonyl (C=O) groups excluding carboxylic acids is 2. The summed E-state index contributed by atoms with van der Waals surface area (Å²) in [5.41, 5.74) is 11.1. The maximum absolute atomic E-state index is 11.3. The molecule has 2 rings (SSSR count). The number of amidine groups is 1. The van der Waals surface area contributed by atoms with Gasteiger partial charge in [0.25, 0.3) is 0 Å². The van der Waals surface area contributed by atoms with Crippen molar-refractivity contribution >= 4 is 24.0 Å². The maximum atomic E-state index is 11.3. The number of imide groups is 1. The van der Waals surface area contributed by atoms with Crippen molar-refractivity contribution in [1.82, 2.24) is 4.90 Å². The van der Waals surface area contributed by atoms with Crippen LogP contribution < -0.4 is 11.5 Å². The summed E-state index contributed by atoms with van der Waals surface area (Å²) in [7, 11) is 0. The molecule has 1 fully saturated rings. The van der Waals surface area contributed by atoms with E-state index in [2.05, 4.69) is 9.98 Å². The van der Waals surface area contributed by atoms with E-state index in [1.165, 1.54) is 0 Å². The lowest BCUT2D eigenvalue weighted by molar-refractivity contribution is -0.133. The molecule has 0 spiro atoms. The number of amides is 2. The third kappa shape index (κ3) is 1.14. The van der Waals surface area contributed by atoms with E-state index in [4.69, 9.17) is 11.5 Å². The molecular formula is C7H9N5O2. The zero-order valence-electron chi connectivity index (χ0n) is 7.30. The molecule has 2 amide bonds. The van der Waals surface area contributed by atoms with Crippen LogP contribution in [0.4, 0.5) is 0 Å². The van der Waals surface area contributed by atoms with Crippen molar-refractivity contribution in [2.75, 3.05) is 0 Å². The highest BCUT2D eigenvalue weighted by atomic mass is 16.2. The van der Waals surface area contributed by atoms with Gasteiger partial charge < -0.3 is 0 Å². The van der Waals surface area contributed by atoms with Crippen LogP contribution in [0.3, 0.4) is 0 Å². The Morgan fingerprint density at radius 1 is 1.29 bits per heavy atom. The summed E-state index contributed by atoms with van der Waals surface area (Å²) in [6, 6.07) is 0. The minimum atomic E-state index is -1.56. The standard InChI is InChI=1S/C7H9N5O2/c8-7(9)6(10-3-11-7)12-4(13)1-2-5(12)14/h3H,1-2,8-9H2. The van der Waals surface area contributed by atoms with E-state index in [0.29, 0.717) is 0 Å². The average molecular weight is 195 g/mol. The van der Waals surface area contributed by atoms with Crippen molar-refractivity contribution in [3.63, 3.8) is 0 Å². The predicted octanol–water partition coefficient (Wildman–Crippen LogP) is -1.85. The molecule has 74 valence electrons. The number of likely N-dealkylation sites (tertiary alicyclic amines) is 1. The Morgan fingerprint density at radius 2 is 1.86 bits per heavy atom. The molecule has 0 unspecified atom stereocenters. The van der Waals surface area contributed by atoms with Crippen molar-refractivity contribution < 1.29 is 9.59 Å². The Labute approximate surface area is 79.5 Å². The number of rotatable bonds is 0. The normalized spacial score (nSPS) is 24.7. The van der Waals surface area contributed by atoms with Crippen LogP contribution in [-0.4, -0.2) is 34.7 Å². The topological polar surface area (TPSA) is 114 Å². The van der Waals surface area contributed by atoms with Crippen LogP contribution in [-0.2, 0) is 9.59 Å². The van der Waals surface area contributed by atoms with Crippen molar-refractivity contribution in [1.29, 1.82) is 0 Å². The van der Waals surface area contributed by atoms with Gasteiger partial charge in [-0.25, -0.2) is 14.9 Å². The van der Waals surface area contributed by atoms with Crippen molar-refractivity contribution in [2.45, 2.75) is 18.6 Å². The molecule has 0 bridgehead atoms. The fraction of sp³-hybridized carbons (Fsp3) is 0.429. The highest BCUT2D eigenvalue weighted by molar-refractivity contribution is 6.20. The predicted molar refractivity (Wildman–Crippen MR) is 48.1 cm³/mol. The Hall–Kier alpha value is -1.60. The van der Waals surface area contributed by atoms with Crippen LogP contribution in [0.5, 0.6) is 0 Å².